The van der Waals surface area contributed by atoms with Crippen LogP contribution in [0.4, 0.5) is 0 Å². The molecular weight excluding hydrogens is 264 g/mol. The average molecular weight is 285 g/mol. The van der Waals surface area contributed by atoms with Gasteiger partial charge in [-0.2, -0.15) is 0 Å². The predicted molar refractivity (Wildman–Crippen MR) is 77.8 cm³/mol. The maximum atomic E-state index is 12.1. The van der Waals surface area contributed by atoms with E-state index in [1.54, 1.807) is 0 Å². The first-order valence-corrected chi connectivity index (χ1v) is 6.87. The van der Waals surface area contributed by atoms with E-state index >= 15 is 0 Å². The largest absolute Gasteiger partial charge is 0.508 e. The van der Waals surface area contributed by atoms with E-state index in [2.05, 4.69) is 24.1 Å². The van der Waals surface area contributed by atoms with E-state index in [4.69, 9.17) is 11.6 Å². The highest BCUT2D eigenvalue weighted by atomic mass is 35.5. The molecule has 19 heavy (non-hydrogen) atoms. The van der Waals surface area contributed by atoms with Crippen molar-refractivity contribution in [1.29, 1.82) is 0 Å². The van der Waals surface area contributed by atoms with Crippen molar-refractivity contribution >= 4 is 17.5 Å². The van der Waals surface area contributed by atoms with Crippen LogP contribution in [0.1, 0.15) is 31.1 Å². The van der Waals surface area contributed by atoms with Crippen LogP contribution >= 0.6 is 11.6 Å². The van der Waals surface area contributed by atoms with E-state index in [-0.39, 0.29) is 17.7 Å². The fourth-order valence-corrected chi connectivity index (χ4v) is 2.11. The third-order valence-corrected chi connectivity index (χ3v) is 3.33. The lowest BCUT2D eigenvalue weighted by Gasteiger charge is -2.23. The van der Waals surface area contributed by atoms with Gasteiger partial charge in [-0.3, -0.25) is 4.79 Å². The Morgan fingerprint density at radius 1 is 1.42 bits per heavy atom. The minimum absolute atomic E-state index is 0.0193. The number of amides is 1. The molecule has 0 heterocycles. The first-order valence-electron chi connectivity index (χ1n) is 6.49. The van der Waals surface area contributed by atoms with Crippen LogP contribution in [0.15, 0.2) is 18.2 Å². The van der Waals surface area contributed by atoms with Crippen molar-refractivity contribution in [3.63, 3.8) is 0 Å². The molecule has 0 aliphatic rings. The number of carbonyl (C=O) groups is 1. The van der Waals surface area contributed by atoms with E-state index in [0.29, 0.717) is 10.6 Å². The van der Waals surface area contributed by atoms with Crippen LogP contribution in [-0.4, -0.2) is 41.6 Å². The van der Waals surface area contributed by atoms with Gasteiger partial charge in [0.1, 0.15) is 5.75 Å². The fourth-order valence-electron chi connectivity index (χ4n) is 1.90. The summed E-state index contributed by atoms with van der Waals surface area (Å²) in [6, 6.07) is 4.37. The minimum atomic E-state index is -0.263. The van der Waals surface area contributed by atoms with Crippen molar-refractivity contribution in [3.8, 4) is 5.75 Å². The minimum Gasteiger partial charge on any atom is -0.508 e. The first-order chi connectivity index (χ1) is 8.97. The van der Waals surface area contributed by atoms with Gasteiger partial charge in [-0.25, -0.2) is 0 Å². The van der Waals surface area contributed by atoms with Crippen molar-refractivity contribution in [2.45, 2.75) is 26.8 Å². The van der Waals surface area contributed by atoms with E-state index in [1.807, 2.05) is 6.92 Å². The molecule has 4 nitrogen and oxygen atoms in total. The van der Waals surface area contributed by atoms with E-state index in [9.17, 15) is 9.90 Å². The van der Waals surface area contributed by atoms with Crippen LogP contribution in [0.3, 0.4) is 0 Å². The van der Waals surface area contributed by atoms with Crippen molar-refractivity contribution in [2.75, 3.05) is 19.6 Å². The summed E-state index contributed by atoms with van der Waals surface area (Å²) in [7, 11) is 0. The monoisotopic (exact) mass is 284 g/mol. The maximum Gasteiger partial charge on any atom is 0.253 e. The molecule has 5 heteroatoms. The lowest BCUT2D eigenvalue weighted by Crippen LogP contribution is -2.42. The standard InChI is InChI=1S/C14H21ClN2O2/c1-4-17(5-2)9-10(3)16-14(19)12-8-11(18)6-7-13(12)15/h6-8,10,18H,4-5,9H2,1-3H3,(H,16,19). The quantitative estimate of drug-likeness (QED) is 0.844. The molecule has 1 aromatic carbocycles. The molecule has 0 saturated heterocycles. The number of rotatable bonds is 6. The molecule has 1 aromatic rings. The van der Waals surface area contributed by atoms with Gasteiger partial charge in [0.05, 0.1) is 10.6 Å². The average Bonchev–Trinajstić information content (AvgIpc) is 2.38. The first kappa shape index (κ1) is 15.8. The summed E-state index contributed by atoms with van der Waals surface area (Å²) >= 11 is 5.95. The lowest BCUT2D eigenvalue weighted by atomic mass is 10.2. The van der Waals surface area contributed by atoms with Crippen LogP contribution in [0.2, 0.25) is 5.02 Å². The number of benzene rings is 1. The molecule has 0 aromatic heterocycles. The van der Waals surface area contributed by atoms with Crippen molar-refractivity contribution in [1.82, 2.24) is 10.2 Å². The van der Waals surface area contributed by atoms with Gasteiger partial charge in [-0.05, 0) is 38.2 Å². The van der Waals surface area contributed by atoms with Gasteiger partial charge in [0, 0.05) is 12.6 Å². The maximum absolute atomic E-state index is 12.1. The van der Waals surface area contributed by atoms with Crippen molar-refractivity contribution < 1.29 is 9.90 Å². The SMILES string of the molecule is CCN(CC)CC(C)NC(=O)c1cc(O)ccc1Cl. The molecule has 1 amide bonds. The second-order valence-corrected chi connectivity index (χ2v) is 4.93. The zero-order valence-corrected chi connectivity index (χ0v) is 12.4. The van der Waals surface area contributed by atoms with Gasteiger partial charge in [0.2, 0.25) is 0 Å². The molecule has 0 bridgehead atoms. The second kappa shape index (κ2) is 7.36. The summed E-state index contributed by atoms with van der Waals surface area (Å²) in [6.07, 6.45) is 0. The summed E-state index contributed by atoms with van der Waals surface area (Å²) < 4.78 is 0. The summed E-state index contributed by atoms with van der Waals surface area (Å²) in [5, 5.41) is 12.6. The number of carbonyl (C=O) groups excluding carboxylic acids is 1. The predicted octanol–water partition coefficient (Wildman–Crippen LogP) is 2.51. The Balaban J connectivity index is 2.66. The lowest BCUT2D eigenvalue weighted by molar-refractivity contribution is 0.0930. The van der Waals surface area contributed by atoms with E-state index in [0.717, 1.165) is 19.6 Å². The number of phenolic OH excluding ortho intramolecular Hbond substituents is 1. The molecule has 0 spiro atoms. The molecule has 0 saturated carbocycles. The Labute approximate surface area is 119 Å². The molecule has 0 fully saturated rings. The van der Waals surface area contributed by atoms with Gasteiger partial charge in [-0.15, -0.1) is 0 Å². The molecule has 106 valence electrons. The zero-order valence-electron chi connectivity index (χ0n) is 11.6. The molecule has 0 radical (unpaired) electrons. The number of likely N-dealkylation sites (N-methyl/N-ethyl adjacent to an activating group) is 1. The Bertz CT molecular complexity index is 433. The van der Waals surface area contributed by atoms with Crippen molar-refractivity contribution in [2.24, 2.45) is 0 Å². The molecule has 2 N–H and O–H groups in total. The van der Waals surface area contributed by atoms with E-state index in [1.165, 1.54) is 18.2 Å². The highest BCUT2D eigenvalue weighted by molar-refractivity contribution is 6.33. The number of nitrogens with zero attached hydrogens (tertiary/aromatic N) is 1. The topological polar surface area (TPSA) is 52.6 Å². The number of hydrogen-bond donors (Lipinski definition) is 2. The highest BCUT2D eigenvalue weighted by Gasteiger charge is 2.15. The Morgan fingerprint density at radius 2 is 2.05 bits per heavy atom. The third kappa shape index (κ3) is 4.73. The van der Waals surface area contributed by atoms with Crippen molar-refractivity contribution in [3.05, 3.63) is 28.8 Å². The third-order valence-electron chi connectivity index (χ3n) is 3.00. The Hall–Kier alpha value is -1.26. The van der Waals surface area contributed by atoms with Gasteiger partial charge < -0.3 is 15.3 Å². The summed E-state index contributed by atoms with van der Waals surface area (Å²) in [6.45, 7) is 8.81. The number of hydrogen-bond acceptors (Lipinski definition) is 3. The molecule has 1 unspecified atom stereocenters. The van der Waals surface area contributed by atoms with Crippen LogP contribution < -0.4 is 5.32 Å². The van der Waals surface area contributed by atoms with Gasteiger partial charge in [0.25, 0.3) is 5.91 Å². The molecule has 1 atom stereocenters. The summed E-state index contributed by atoms with van der Waals surface area (Å²) in [4.78, 5) is 14.3. The Morgan fingerprint density at radius 3 is 2.63 bits per heavy atom. The second-order valence-electron chi connectivity index (χ2n) is 4.52. The zero-order chi connectivity index (χ0) is 14.4. The van der Waals surface area contributed by atoms with Gasteiger partial charge in [0.15, 0.2) is 0 Å². The number of nitrogens with one attached hydrogen (secondary N) is 1. The smallest absolute Gasteiger partial charge is 0.253 e. The summed E-state index contributed by atoms with van der Waals surface area (Å²) in [5.74, 6) is -0.230. The van der Waals surface area contributed by atoms with Crippen LogP contribution in [0.25, 0.3) is 0 Å². The van der Waals surface area contributed by atoms with Gasteiger partial charge in [-0.1, -0.05) is 25.4 Å². The number of phenols is 1. The fraction of sp³-hybridized carbons (Fsp3) is 0.500. The molecule has 1 rings (SSSR count). The van der Waals surface area contributed by atoms with Crippen LogP contribution in [0.5, 0.6) is 5.75 Å². The van der Waals surface area contributed by atoms with Crippen LogP contribution in [-0.2, 0) is 0 Å². The molecule has 0 aliphatic carbocycles. The molecular formula is C14H21ClN2O2. The number of aromatic hydroxyl groups is 1. The highest BCUT2D eigenvalue weighted by Crippen LogP contribution is 2.21. The van der Waals surface area contributed by atoms with E-state index < -0.39 is 0 Å². The summed E-state index contributed by atoms with van der Waals surface area (Å²) in [5.41, 5.74) is 0.299. The molecule has 0 aliphatic heterocycles. The van der Waals surface area contributed by atoms with Crippen LogP contribution in [0, 0.1) is 0 Å². The Kier molecular flexibility index (Phi) is 6.12. The number of halogens is 1. The van der Waals surface area contributed by atoms with Gasteiger partial charge >= 0.3 is 0 Å². The normalized spacial score (nSPS) is 12.5.